The number of aromatic nitrogens is 3. The van der Waals surface area contributed by atoms with E-state index in [1.807, 2.05) is 36.4 Å². The zero-order chi connectivity index (χ0) is 21.6. The number of carbonyl (C=O) groups is 1. The first-order chi connectivity index (χ1) is 14.9. The summed E-state index contributed by atoms with van der Waals surface area (Å²) in [6.45, 7) is -0.124. The average Bonchev–Trinajstić information content (AvgIpc) is 3.50. The van der Waals surface area contributed by atoms with Crippen LogP contribution in [0.4, 0.5) is 0 Å². The lowest BCUT2D eigenvalue weighted by Crippen LogP contribution is -2.52. The van der Waals surface area contributed by atoms with Gasteiger partial charge in [-0.2, -0.15) is 0 Å². The number of carbonyl (C=O) groups excluding carboxylic acids is 1. The van der Waals surface area contributed by atoms with Gasteiger partial charge in [-0.05, 0) is 74.1 Å². The fourth-order valence-electron chi connectivity index (χ4n) is 4.23. The fraction of sp³-hybridized carbons (Fsp3) is 0.348. The van der Waals surface area contributed by atoms with Crippen molar-refractivity contribution in [1.82, 2.24) is 19.7 Å². The van der Waals surface area contributed by atoms with Crippen LogP contribution in [0.3, 0.4) is 0 Å². The summed E-state index contributed by atoms with van der Waals surface area (Å²) in [5.41, 5.74) is 1.12. The minimum atomic E-state index is -0.427. The highest BCUT2D eigenvalue weighted by atomic mass is 35.5. The average molecular weight is 457 g/mol. The van der Waals surface area contributed by atoms with E-state index in [2.05, 4.69) is 10.4 Å². The lowest BCUT2D eigenvalue weighted by atomic mass is 9.72. The van der Waals surface area contributed by atoms with Crippen LogP contribution < -0.4 is 11.0 Å². The number of nitrogens with zero attached hydrogens (tertiary/aromatic N) is 3. The van der Waals surface area contributed by atoms with Crippen LogP contribution in [0.2, 0.25) is 10.0 Å². The van der Waals surface area contributed by atoms with E-state index in [1.165, 1.54) is 4.68 Å². The Morgan fingerprint density at radius 1 is 1.10 bits per heavy atom. The van der Waals surface area contributed by atoms with Gasteiger partial charge in [0.1, 0.15) is 6.54 Å². The largest absolute Gasteiger partial charge is 0.346 e. The van der Waals surface area contributed by atoms with Gasteiger partial charge in [-0.1, -0.05) is 35.3 Å². The Morgan fingerprint density at radius 3 is 2.45 bits per heavy atom. The van der Waals surface area contributed by atoms with Crippen molar-refractivity contribution in [1.29, 1.82) is 0 Å². The molecular weight excluding hydrogens is 435 g/mol. The molecule has 2 saturated carbocycles. The zero-order valence-corrected chi connectivity index (χ0v) is 18.4. The third-order valence-corrected chi connectivity index (χ3v) is 6.63. The van der Waals surface area contributed by atoms with Crippen LogP contribution in [-0.2, 0) is 16.9 Å². The molecule has 2 aliphatic carbocycles. The molecule has 0 saturated heterocycles. The minimum absolute atomic E-state index is 0.124. The Morgan fingerprint density at radius 2 is 1.84 bits per heavy atom. The molecule has 0 spiro atoms. The van der Waals surface area contributed by atoms with E-state index in [4.69, 9.17) is 23.2 Å². The van der Waals surface area contributed by atoms with Gasteiger partial charge in [0, 0.05) is 21.7 Å². The van der Waals surface area contributed by atoms with E-state index in [0.717, 1.165) is 43.2 Å². The third-order valence-electron chi connectivity index (χ3n) is 6.14. The van der Waals surface area contributed by atoms with Crippen molar-refractivity contribution < 1.29 is 4.79 Å². The maximum Gasteiger partial charge on any atom is 0.346 e. The summed E-state index contributed by atoms with van der Waals surface area (Å²) in [5.74, 6) is 0.343. The van der Waals surface area contributed by atoms with E-state index < -0.39 is 5.54 Å². The molecule has 0 atom stereocenters. The highest BCUT2D eigenvalue weighted by Crippen LogP contribution is 2.42. The van der Waals surface area contributed by atoms with Gasteiger partial charge in [-0.15, -0.1) is 5.10 Å². The monoisotopic (exact) mass is 456 g/mol. The van der Waals surface area contributed by atoms with E-state index in [0.29, 0.717) is 15.9 Å². The molecule has 160 valence electrons. The standard InChI is InChI=1S/C23H22Cl2N4O2/c24-17-7-5-15(6-8-17)21-27-28(22(31)29(21)19-9-10-19)14-20(30)26-23(11-2-12-23)16-3-1-4-18(25)13-16/h1,3-8,13,19H,2,9-12,14H2,(H,26,30). The molecule has 8 heteroatoms. The van der Waals surface area contributed by atoms with Crippen LogP contribution in [0.1, 0.15) is 43.7 Å². The highest BCUT2D eigenvalue weighted by molar-refractivity contribution is 6.30. The fourth-order valence-corrected chi connectivity index (χ4v) is 4.54. The molecule has 1 N–H and O–H groups in total. The summed E-state index contributed by atoms with van der Waals surface area (Å²) in [6.07, 6.45) is 4.61. The Balaban J connectivity index is 1.41. The van der Waals surface area contributed by atoms with E-state index in [-0.39, 0.29) is 24.2 Å². The third kappa shape index (κ3) is 3.90. The summed E-state index contributed by atoms with van der Waals surface area (Å²) in [6, 6.07) is 15.0. The molecule has 5 rings (SSSR count). The van der Waals surface area contributed by atoms with Crippen molar-refractivity contribution >= 4 is 29.1 Å². The molecule has 2 aromatic carbocycles. The molecule has 1 heterocycles. The topological polar surface area (TPSA) is 68.9 Å². The maximum absolute atomic E-state index is 13.1. The first-order valence-electron chi connectivity index (χ1n) is 10.5. The van der Waals surface area contributed by atoms with E-state index >= 15 is 0 Å². The lowest BCUT2D eigenvalue weighted by Gasteiger charge is -2.43. The number of hydrogen-bond acceptors (Lipinski definition) is 3. The molecule has 2 aliphatic rings. The second-order valence-electron chi connectivity index (χ2n) is 8.37. The van der Waals surface area contributed by atoms with Crippen molar-refractivity contribution in [2.75, 3.05) is 0 Å². The van der Waals surface area contributed by atoms with Crippen LogP contribution in [0.25, 0.3) is 11.4 Å². The number of amides is 1. The zero-order valence-electron chi connectivity index (χ0n) is 16.9. The molecule has 3 aromatic rings. The summed E-state index contributed by atoms with van der Waals surface area (Å²) in [7, 11) is 0. The Labute approximate surface area is 189 Å². The van der Waals surface area contributed by atoms with Crippen molar-refractivity contribution in [3.8, 4) is 11.4 Å². The highest BCUT2D eigenvalue weighted by Gasteiger charge is 2.40. The second-order valence-corrected chi connectivity index (χ2v) is 9.24. The van der Waals surface area contributed by atoms with Gasteiger partial charge in [-0.25, -0.2) is 9.48 Å². The predicted octanol–water partition coefficient (Wildman–Crippen LogP) is 4.55. The molecule has 0 bridgehead atoms. The number of halogens is 2. The van der Waals surface area contributed by atoms with Gasteiger partial charge in [-0.3, -0.25) is 9.36 Å². The molecule has 2 fully saturated rings. The van der Waals surface area contributed by atoms with E-state index in [1.54, 1.807) is 16.7 Å². The summed E-state index contributed by atoms with van der Waals surface area (Å²) in [4.78, 5) is 26.0. The normalized spacial score (nSPS) is 17.2. The van der Waals surface area contributed by atoms with Crippen LogP contribution in [0.15, 0.2) is 53.3 Å². The Kier molecular flexibility index (Phi) is 5.15. The van der Waals surface area contributed by atoms with Crippen molar-refractivity contribution in [2.45, 2.75) is 50.2 Å². The molecule has 1 amide bonds. The SMILES string of the molecule is O=C(Cn1nc(-c2ccc(Cl)cc2)n(C2CC2)c1=O)NC1(c2cccc(Cl)c2)CCC1. The van der Waals surface area contributed by atoms with Gasteiger partial charge in [0.2, 0.25) is 5.91 Å². The van der Waals surface area contributed by atoms with Crippen molar-refractivity contribution in [2.24, 2.45) is 0 Å². The van der Waals surface area contributed by atoms with Gasteiger partial charge < -0.3 is 5.32 Å². The molecule has 0 unspecified atom stereocenters. The number of hydrogen-bond donors (Lipinski definition) is 1. The summed E-state index contributed by atoms with van der Waals surface area (Å²) >= 11 is 12.2. The van der Waals surface area contributed by atoms with Crippen LogP contribution >= 0.6 is 23.2 Å². The summed E-state index contributed by atoms with van der Waals surface area (Å²) in [5, 5.41) is 8.92. The first-order valence-corrected chi connectivity index (χ1v) is 11.2. The Hall–Kier alpha value is -2.57. The van der Waals surface area contributed by atoms with Gasteiger partial charge in [0.15, 0.2) is 5.82 Å². The van der Waals surface area contributed by atoms with Gasteiger partial charge in [0.05, 0.1) is 5.54 Å². The molecule has 0 radical (unpaired) electrons. The maximum atomic E-state index is 13.1. The van der Waals surface area contributed by atoms with E-state index in [9.17, 15) is 9.59 Å². The molecule has 0 aliphatic heterocycles. The van der Waals surface area contributed by atoms with Crippen molar-refractivity contribution in [3.63, 3.8) is 0 Å². The van der Waals surface area contributed by atoms with Gasteiger partial charge in [0.25, 0.3) is 0 Å². The molecule has 6 nitrogen and oxygen atoms in total. The van der Waals surface area contributed by atoms with Crippen LogP contribution in [0.5, 0.6) is 0 Å². The quantitative estimate of drug-likeness (QED) is 0.591. The first kappa shape index (κ1) is 20.3. The lowest BCUT2D eigenvalue weighted by molar-refractivity contribution is -0.125. The van der Waals surface area contributed by atoms with Crippen LogP contribution in [-0.4, -0.2) is 20.3 Å². The van der Waals surface area contributed by atoms with Gasteiger partial charge >= 0.3 is 5.69 Å². The number of rotatable bonds is 6. The second kappa shape index (κ2) is 7.84. The van der Waals surface area contributed by atoms with Crippen LogP contribution in [0, 0.1) is 0 Å². The molecular formula is C23H22Cl2N4O2. The molecule has 1 aromatic heterocycles. The molecule has 31 heavy (non-hydrogen) atoms. The van der Waals surface area contributed by atoms with Crippen molar-refractivity contribution in [3.05, 3.63) is 74.6 Å². The smallest absolute Gasteiger partial charge is 0.345 e. The number of nitrogens with one attached hydrogen (secondary N) is 1. The minimum Gasteiger partial charge on any atom is -0.345 e. The predicted molar refractivity (Wildman–Crippen MR) is 120 cm³/mol. The summed E-state index contributed by atoms with van der Waals surface area (Å²) < 4.78 is 2.97. The number of benzene rings is 2. The Bertz CT molecular complexity index is 1190.